The summed E-state index contributed by atoms with van der Waals surface area (Å²) in [5, 5.41) is 16.2. The highest BCUT2D eigenvalue weighted by Crippen LogP contribution is 2.55. The molecule has 3 atom stereocenters. The molecule has 1 saturated heterocycles. The Hall–Kier alpha value is -3.71. The molecule has 2 N–H and O–H groups in total. The predicted molar refractivity (Wildman–Crippen MR) is 159 cm³/mol. The van der Waals surface area contributed by atoms with E-state index in [2.05, 4.69) is 10.5 Å². The fourth-order valence-electron chi connectivity index (χ4n) is 6.04. The summed E-state index contributed by atoms with van der Waals surface area (Å²) in [6, 6.07) is -0.0492. The summed E-state index contributed by atoms with van der Waals surface area (Å²) < 4.78 is 49.1. The van der Waals surface area contributed by atoms with E-state index in [0.29, 0.717) is 30.9 Å². The summed E-state index contributed by atoms with van der Waals surface area (Å²) in [6.07, 6.45) is 2.10. The Morgan fingerprint density at radius 1 is 1.24 bits per heavy atom. The van der Waals surface area contributed by atoms with Crippen molar-refractivity contribution in [3.8, 4) is 5.75 Å². The number of benzene rings is 1. The number of halogens is 3. The van der Waals surface area contributed by atoms with Gasteiger partial charge in [-0.3, -0.25) is 14.4 Å². The van der Waals surface area contributed by atoms with Crippen molar-refractivity contribution in [3.05, 3.63) is 62.8 Å². The lowest BCUT2D eigenvalue weighted by Gasteiger charge is -2.47. The van der Waals surface area contributed by atoms with Gasteiger partial charge in [-0.2, -0.15) is 0 Å². The summed E-state index contributed by atoms with van der Waals surface area (Å²) >= 11 is 0. The van der Waals surface area contributed by atoms with Crippen molar-refractivity contribution >= 4 is 56.9 Å². The quantitative estimate of drug-likeness (QED) is 0.375. The first-order chi connectivity index (χ1) is 19.5. The lowest BCUT2D eigenvalue weighted by Crippen LogP contribution is -2.58. The molecule has 18 heteroatoms. The van der Waals surface area contributed by atoms with Crippen LogP contribution in [0.3, 0.4) is 0 Å². The summed E-state index contributed by atoms with van der Waals surface area (Å²) in [7, 11) is 9.43. The molecule has 0 radical (unpaired) electrons. The number of rotatable bonds is 4. The molecular formula is C24H28B5F3N4O6. The van der Waals surface area contributed by atoms with E-state index in [4.69, 9.17) is 9.57 Å². The van der Waals surface area contributed by atoms with Gasteiger partial charge in [-0.25, -0.2) is 13.2 Å². The second-order valence-electron chi connectivity index (χ2n) is 12.6. The zero-order valence-electron chi connectivity index (χ0n) is 24.2. The molecule has 2 bridgehead atoms. The molecule has 1 aromatic heterocycles. The number of nitrogens with zero attached hydrogens (tertiary/aromatic N) is 3. The van der Waals surface area contributed by atoms with Gasteiger partial charge in [0.2, 0.25) is 11.3 Å². The monoisotopic (exact) mass is 580 g/mol. The predicted octanol–water partition coefficient (Wildman–Crippen LogP) is -2.93. The molecule has 42 heavy (non-hydrogen) atoms. The van der Waals surface area contributed by atoms with Gasteiger partial charge in [-0.1, -0.05) is 5.16 Å². The fraction of sp³-hybridized carbons (Fsp3) is 0.417. The number of oxime groups is 1. The molecule has 0 saturated carbocycles. The van der Waals surface area contributed by atoms with Crippen LogP contribution in [0.15, 0.2) is 28.3 Å². The van der Waals surface area contributed by atoms with Crippen molar-refractivity contribution in [1.82, 2.24) is 14.8 Å². The number of carbonyl (C=O) groups excluding carboxylic acids is 2. The van der Waals surface area contributed by atoms with Crippen molar-refractivity contribution in [2.45, 2.75) is 54.5 Å². The Labute approximate surface area is 244 Å². The highest BCUT2D eigenvalue weighted by atomic mass is 19.1. The Morgan fingerprint density at radius 3 is 2.50 bits per heavy atom. The average Bonchev–Trinajstić information content (AvgIpc) is 3.03. The Balaban J connectivity index is 1.59. The van der Waals surface area contributed by atoms with Crippen LogP contribution in [0.2, 0.25) is 5.21 Å². The number of amides is 2. The van der Waals surface area contributed by atoms with E-state index in [0.717, 1.165) is 6.20 Å². The minimum atomic E-state index is -1.22. The number of ether oxygens (including phenoxy) is 1. The summed E-state index contributed by atoms with van der Waals surface area (Å²) in [6.45, 7) is 1.29. The summed E-state index contributed by atoms with van der Waals surface area (Å²) in [5.41, 5.74) is -3.72. The van der Waals surface area contributed by atoms with E-state index in [1.165, 1.54) is 4.57 Å². The number of nitrogens with one attached hydrogen (secondary N) is 1. The molecule has 3 aliphatic heterocycles. The van der Waals surface area contributed by atoms with Crippen LogP contribution in [-0.2, 0) is 16.1 Å². The molecule has 1 fully saturated rings. The third-order valence-corrected chi connectivity index (χ3v) is 8.45. The first-order valence-electron chi connectivity index (χ1n) is 13.6. The van der Waals surface area contributed by atoms with Crippen LogP contribution >= 0.6 is 0 Å². The van der Waals surface area contributed by atoms with Crippen LogP contribution in [0.1, 0.15) is 52.2 Å². The molecule has 0 unspecified atom stereocenters. The lowest BCUT2D eigenvalue weighted by atomic mass is 9.43. The zero-order valence-corrected chi connectivity index (χ0v) is 24.2. The Bertz CT molecular complexity index is 1580. The number of fused-ring (bicyclic) bond motifs is 5. The molecule has 2 amide bonds. The molecule has 4 heterocycles. The summed E-state index contributed by atoms with van der Waals surface area (Å²) in [4.78, 5) is 47.7. The van der Waals surface area contributed by atoms with Gasteiger partial charge in [0.1, 0.15) is 62.2 Å². The van der Waals surface area contributed by atoms with Gasteiger partial charge in [0, 0.05) is 53.5 Å². The van der Waals surface area contributed by atoms with Crippen LogP contribution in [0.25, 0.3) is 0 Å². The van der Waals surface area contributed by atoms with E-state index in [9.17, 15) is 32.7 Å². The maximum atomic E-state index is 14.1. The molecule has 10 nitrogen and oxygen atoms in total. The van der Waals surface area contributed by atoms with Crippen molar-refractivity contribution in [3.63, 3.8) is 0 Å². The van der Waals surface area contributed by atoms with Gasteiger partial charge in [0.15, 0.2) is 17.0 Å². The molecule has 1 spiro atoms. The standard InChI is InChI=1S/C24H28B5F3N4O6/c1-9-2-3-22(23(25,26)21(34-42-22)41-24(27,28)29)15-8-35(9)20(40)16-18(38)17(37)12(7-36(15)16)19(39)33-6-11-13(31)4-10(30)5-14(11)32/h4-5,7,9,15,38H,2-3,6,8,25-29H2,1H3,(H,33,39)/t9-,15+,22+/m0/s1. The Morgan fingerprint density at radius 2 is 1.88 bits per heavy atom. The second-order valence-corrected chi connectivity index (χ2v) is 12.6. The van der Waals surface area contributed by atoms with Gasteiger partial charge < -0.3 is 29.5 Å². The van der Waals surface area contributed by atoms with Crippen molar-refractivity contribution < 1.29 is 37.4 Å². The molecule has 216 valence electrons. The second kappa shape index (κ2) is 9.94. The lowest BCUT2D eigenvalue weighted by molar-refractivity contribution is -0.0716. The minimum Gasteiger partial charge on any atom is -0.503 e. The van der Waals surface area contributed by atoms with E-state index in [1.54, 1.807) is 4.90 Å². The first kappa shape index (κ1) is 29.8. The highest BCUT2D eigenvalue weighted by Gasteiger charge is 2.64. The smallest absolute Gasteiger partial charge is 0.274 e. The van der Waals surface area contributed by atoms with Crippen LogP contribution < -0.4 is 10.7 Å². The van der Waals surface area contributed by atoms with Crippen molar-refractivity contribution in [2.75, 3.05) is 6.54 Å². The van der Waals surface area contributed by atoms with Crippen LogP contribution in [0.5, 0.6) is 5.75 Å². The normalized spacial score (nSPS) is 24.4. The van der Waals surface area contributed by atoms with Crippen molar-refractivity contribution in [2.24, 2.45) is 5.16 Å². The van der Waals surface area contributed by atoms with E-state index >= 15 is 0 Å². The number of hydrogen-bond donors (Lipinski definition) is 2. The molecule has 1 aromatic carbocycles. The van der Waals surface area contributed by atoms with Crippen molar-refractivity contribution in [1.29, 1.82) is 0 Å². The number of carbonyl (C=O) groups is 2. The molecule has 5 rings (SSSR count). The average molecular weight is 580 g/mol. The van der Waals surface area contributed by atoms with Gasteiger partial charge in [0.25, 0.3) is 11.8 Å². The van der Waals surface area contributed by atoms with E-state index in [1.807, 2.05) is 46.2 Å². The van der Waals surface area contributed by atoms with Gasteiger partial charge in [-0.15, -0.1) is 0 Å². The largest absolute Gasteiger partial charge is 0.503 e. The highest BCUT2D eigenvalue weighted by molar-refractivity contribution is 6.59. The topological polar surface area (TPSA) is 122 Å². The third kappa shape index (κ3) is 4.59. The SMILES string of the molecule is BC(B)(B)OC1=NO[C@@]2(CC[C@H](C)N3C[C@H]2n2cc(C(=O)NCc4c(F)cc(F)cc4F)c(=O)c(O)c2C3=O)C1(B)B. The minimum absolute atomic E-state index is 0.129. The molecular weight excluding hydrogens is 551 g/mol. The van der Waals surface area contributed by atoms with Crippen LogP contribution in [-0.4, -0.2) is 95.0 Å². The first-order valence-corrected chi connectivity index (χ1v) is 13.6. The fourth-order valence-corrected chi connectivity index (χ4v) is 6.04. The maximum absolute atomic E-state index is 14.1. The molecule has 0 aliphatic carbocycles. The number of aromatic hydroxyl groups is 1. The van der Waals surface area contributed by atoms with Gasteiger partial charge >= 0.3 is 0 Å². The van der Waals surface area contributed by atoms with E-state index in [-0.39, 0.29) is 18.3 Å². The van der Waals surface area contributed by atoms with E-state index < -0.39 is 80.3 Å². The number of hydrogen-bond acceptors (Lipinski definition) is 7. The van der Waals surface area contributed by atoms with Gasteiger partial charge in [0.05, 0.1) is 6.04 Å². The molecule has 2 aromatic rings. The Kier molecular flexibility index (Phi) is 7.05. The maximum Gasteiger partial charge on any atom is 0.274 e. The molecule has 3 aliphatic rings. The van der Waals surface area contributed by atoms with Gasteiger partial charge in [-0.05, 0) is 19.8 Å². The number of aromatic nitrogens is 1. The van der Waals surface area contributed by atoms with Crippen LogP contribution in [0, 0.1) is 17.5 Å². The zero-order chi connectivity index (χ0) is 30.9. The van der Waals surface area contributed by atoms with Crippen LogP contribution in [0.4, 0.5) is 13.2 Å². The summed E-state index contributed by atoms with van der Waals surface area (Å²) in [5.74, 6) is -5.79. The third-order valence-electron chi connectivity index (χ3n) is 8.45. The number of pyridine rings is 1.